The van der Waals surface area contributed by atoms with Gasteiger partial charge >= 0.3 is 0 Å². The average Bonchev–Trinajstić information content (AvgIpc) is 3.24. The quantitative estimate of drug-likeness (QED) is 0.596. The van der Waals surface area contributed by atoms with Crippen LogP contribution in [0.1, 0.15) is 17.7 Å². The number of likely N-dealkylation sites (tertiary alicyclic amines) is 1. The Kier molecular flexibility index (Phi) is 5.62. The molecule has 1 atom stereocenters. The van der Waals surface area contributed by atoms with Crippen molar-refractivity contribution in [3.05, 3.63) is 41.3 Å². The summed E-state index contributed by atoms with van der Waals surface area (Å²) in [5.41, 5.74) is 0.401. The molecule has 1 amide bonds. The Balaban J connectivity index is 1.60. The third-order valence-electron chi connectivity index (χ3n) is 4.39. The molecule has 1 aliphatic rings. The van der Waals surface area contributed by atoms with Crippen LogP contribution >= 0.6 is 11.3 Å². The number of fused-ring (bicyclic) bond motifs is 1. The Morgan fingerprint density at radius 2 is 2.38 bits per heavy atom. The molecule has 0 aliphatic carbocycles. The van der Waals surface area contributed by atoms with E-state index in [9.17, 15) is 9.59 Å². The lowest BCUT2D eigenvalue weighted by Crippen LogP contribution is -2.42. The number of pyridine rings is 1. The van der Waals surface area contributed by atoms with Gasteiger partial charge in [-0.3, -0.25) is 14.6 Å². The van der Waals surface area contributed by atoms with Crippen molar-refractivity contribution in [3.8, 4) is 0 Å². The number of aldehydes is 1. The molecule has 7 nitrogen and oxygen atoms in total. The fraction of sp³-hybridized carbons (Fsp3) is 0.333. The molecule has 0 saturated carbocycles. The number of aromatic nitrogens is 1. The van der Waals surface area contributed by atoms with E-state index >= 15 is 0 Å². The highest BCUT2D eigenvalue weighted by molar-refractivity contribution is 7.19. The second kappa shape index (κ2) is 8.09. The molecule has 1 aliphatic heterocycles. The van der Waals surface area contributed by atoms with E-state index in [0.717, 1.165) is 16.1 Å². The van der Waals surface area contributed by atoms with Gasteiger partial charge in [-0.1, -0.05) is 0 Å². The molecule has 0 bridgehead atoms. The van der Waals surface area contributed by atoms with Crippen molar-refractivity contribution in [2.75, 3.05) is 14.1 Å². The van der Waals surface area contributed by atoms with Gasteiger partial charge in [-0.15, -0.1) is 11.3 Å². The number of rotatable bonds is 6. The van der Waals surface area contributed by atoms with E-state index in [0.29, 0.717) is 31.4 Å². The molecular weight excluding hydrogens is 350 g/mol. The summed E-state index contributed by atoms with van der Waals surface area (Å²) >= 11 is 1.66. The second-order valence-corrected chi connectivity index (χ2v) is 7.18. The van der Waals surface area contributed by atoms with Crippen molar-refractivity contribution in [1.29, 1.82) is 0 Å². The summed E-state index contributed by atoms with van der Waals surface area (Å²) in [5.74, 6) is 0.786. The fourth-order valence-electron chi connectivity index (χ4n) is 2.89. The van der Waals surface area contributed by atoms with Crippen molar-refractivity contribution in [2.45, 2.75) is 25.4 Å². The third kappa shape index (κ3) is 3.91. The number of nitrogens with one attached hydrogen (secondary N) is 2. The van der Waals surface area contributed by atoms with E-state index < -0.39 is 0 Å². The average molecular weight is 371 g/mol. The van der Waals surface area contributed by atoms with Gasteiger partial charge in [0.05, 0.1) is 18.4 Å². The van der Waals surface area contributed by atoms with Crippen molar-refractivity contribution in [2.24, 2.45) is 4.99 Å². The van der Waals surface area contributed by atoms with E-state index in [4.69, 9.17) is 0 Å². The highest BCUT2D eigenvalue weighted by Gasteiger charge is 2.31. The van der Waals surface area contributed by atoms with Crippen LogP contribution in [0.15, 0.2) is 41.4 Å². The molecular formula is C18H21N5O2S. The van der Waals surface area contributed by atoms with E-state index in [1.165, 1.54) is 10.9 Å². The van der Waals surface area contributed by atoms with Gasteiger partial charge in [-0.2, -0.15) is 0 Å². The highest BCUT2D eigenvalue weighted by Crippen LogP contribution is 2.24. The predicted molar refractivity (Wildman–Crippen MR) is 103 cm³/mol. The molecule has 1 fully saturated rings. The number of likely N-dealkylation sites (N-methyl/N-ethyl adjacent to an activating group) is 2. The Hall–Kier alpha value is -2.74. The minimum atomic E-state index is -0.243. The van der Waals surface area contributed by atoms with Crippen molar-refractivity contribution >= 4 is 39.5 Å². The minimum Gasteiger partial charge on any atom is -0.384 e. The number of hydrogen-bond donors (Lipinski definition) is 2. The Bertz CT molecular complexity index is 840. The van der Waals surface area contributed by atoms with Gasteiger partial charge in [-0.25, -0.2) is 4.99 Å². The maximum Gasteiger partial charge on any atom is 0.243 e. The maximum atomic E-state index is 12.5. The van der Waals surface area contributed by atoms with Crippen LogP contribution in [0, 0.1) is 0 Å². The normalized spacial score (nSPS) is 19.2. The summed E-state index contributed by atoms with van der Waals surface area (Å²) in [6.45, 7) is 0.504. The SMILES string of the molecule is CN/C(C=O)=C/N=C1CCC(C(=O)NCc2cc3cnccc3s2)N1C. The van der Waals surface area contributed by atoms with Crippen LogP contribution in [0.4, 0.5) is 0 Å². The summed E-state index contributed by atoms with van der Waals surface area (Å²) < 4.78 is 1.17. The molecule has 0 radical (unpaired) electrons. The van der Waals surface area contributed by atoms with Gasteiger partial charge in [0.15, 0.2) is 6.29 Å². The largest absolute Gasteiger partial charge is 0.384 e. The first-order chi connectivity index (χ1) is 12.6. The number of carbonyl (C=O) groups excluding carboxylic acids is 2. The van der Waals surface area contributed by atoms with E-state index in [-0.39, 0.29) is 11.9 Å². The van der Waals surface area contributed by atoms with Gasteiger partial charge in [0.1, 0.15) is 11.9 Å². The molecule has 3 heterocycles. The van der Waals surface area contributed by atoms with E-state index in [1.807, 2.05) is 24.2 Å². The molecule has 2 N–H and O–H groups in total. The van der Waals surface area contributed by atoms with Crippen molar-refractivity contribution in [3.63, 3.8) is 0 Å². The molecule has 1 unspecified atom stereocenters. The number of allylic oxidation sites excluding steroid dienone is 1. The topological polar surface area (TPSA) is 86.7 Å². The van der Waals surface area contributed by atoms with Gasteiger partial charge in [0.2, 0.25) is 5.91 Å². The smallest absolute Gasteiger partial charge is 0.243 e. The standard InChI is InChI=1S/C18H21N5O2S/c1-19-13(11-24)9-21-17-4-3-15(23(17)2)18(25)22-10-14-7-12-8-20-6-5-16(12)26-14/h5-9,11,15,19H,3-4,10H2,1-2H3,(H,22,25)/b13-9+,21-17?. The predicted octanol–water partition coefficient (Wildman–Crippen LogP) is 1.66. The lowest BCUT2D eigenvalue weighted by atomic mass is 10.2. The van der Waals surface area contributed by atoms with E-state index in [2.05, 4.69) is 26.7 Å². The molecule has 3 rings (SSSR count). The molecule has 2 aromatic rings. The molecule has 26 heavy (non-hydrogen) atoms. The first-order valence-electron chi connectivity index (χ1n) is 8.35. The first kappa shape index (κ1) is 18.1. The fourth-order valence-corrected chi connectivity index (χ4v) is 3.87. The maximum absolute atomic E-state index is 12.5. The molecule has 2 aromatic heterocycles. The molecule has 8 heteroatoms. The van der Waals surface area contributed by atoms with Crippen LogP contribution in [0.5, 0.6) is 0 Å². The van der Waals surface area contributed by atoms with Crippen molar-refractivity contribution < 1.29 is 9.59 Å². The van der Waals surface area contributed by atoms with Gasteiger partial charge in [-0.05, 0) is 18.6 Å². The van der Waals surface area contributed by atoms with E-state index in [1.54, 1.807) is 24.6 Å². The molecule has 1 saturated heterocycles. The molecule has 136 valence electrons. The van der Waals surface area contributed by atoms with Crippen LogP contribution in [-0.4, -0.2) is 48.1 Å². The lowest BCUT2D eigenvalue weighted by Gasteiger charge is -2.21. The summed E-state index contributed by atoms with van der Waals surface area (Å²) in [6.07, 6.45) is 7.22. The summed E-state index contributed by atoms with van der Waals surface area (Å²) in [6, 6.07) is 3.79. The zero-order valence-electron chi connectivity index (χ0n) is 14.7. The molecule has 0 spiro atoms. The Morgan fingerprint density at radius 3 is 3.12 bits per heavy atom. The zero-order valence-corrected chi connectivity index (χ0v) is 15.5. The number of carbonyl (C=O) groups is 2. The van der Waals surface area contributed by atoms with Crippen LogP contribution in [0.2, 0.25) is 0 Å². The van der Waals surface area contributed by atoms with Crippen LogP contribution < -0.4 is 10.6 Å². The van der Waals surface area contributed by atoms with Crippen LogP contribution in [-0.2, 0) is 16.1 Å². The second-order valence-electron chi connectivity index (χ2n) is 6.01. The summed E-state index contributed by atoms with van der Waals surface area (Å²) in [7, 11) is 3.52. The summed E-state index contributed by atoms with van der Waals surface area (Å²) in [4.78, 5) is 34.8. The number of amidine groups is 1. The zero-order chi connectivity index (χ0) is 18.5. The number of nitrogens with zero attached hydrogens (tertiary/aromatic N) is 3. The minimum absolute atomic E-state index is 0.0125. The number of hydrogen-bond acceptors (Lipinski definition) is 6. The number of amides is 1. The van der Waals surface area contributed by atoms with Crippen molar-refractivity contribution in [1.82, 2.24) is 20.5 Å². The number of aliphatic imine (C=N–C) groups is 1. The third-order valence-corrected chi connectivity index (χ3v) is 5.51. The molecule has 0 aromatic carbocycles. The van der Waals surface area contributed by atoms with Crippen LogP contribution in [0.25, 0.3) is 10.1 Å². The monoisotopic (exact) mass is 371 g/mol. The first-order valence-corrected chi connectivity index (χ1v) is 9.16. The van der Waals surface area contributed by atoms with Gasteiger partial charge in [0.25, 0.3) is 0 Å². The van der Waals surface area contributed by atoms with Gasteiger partial charge < -0.3 is 15.5 Å². The lowest BCUT2D eigenvalue weighted by molar-refractivity contribution is -0.124. The summed E-state index contributed by atoms with van der Waals surface area (Å²) in [5, 5.41) is 6.86. The Morgan fingerprint density at radius 1 is 1.54 bits per heavy atom. The van der Waals surface area contributed by atoms with Gasteiger partial charge in [0, 0.05) is 47.9 Å². The number of thiophene rings is 1. The highest BCUT2D eigenvalue weighted by atomic mass is 32.1. The Labute approximate surface area is 155 Å². The van der Waals surface area contributed by atoms with Crippen LogP contribution in [0.3, 0.4) is 0 Å².